The topological polar surface area (TPSA) is 91.5 Å². The predicted molar refractivity (Wildman–Crippen MR) is 78.9 cm³/mol. The lowest BCUT2D eigenvalue weighted by Crippen LogP contribution is -2.30. The lowest BCUT2D eigenvalue weighted by Gasteiger charge is -2.16. The summed E-state index contributed by atoms with van der Waals surface area (Å²) in [6, 6.07) is 0.495. The van der Waals surface area contributed by atoms with Gasteiger partial charge < -0.3 is 21.1 Å². The zero-order valence-corrected chi connectivity index (χ0v) is 12.3. The Labute approximate surface area is 122 Å². The summed E-state index contributed by atoms with van der Waals surface area (Å²) in [5, 5.41) is 13.6. The van der Waals surface area contributed by atoms with E-state index in [2.05, 4.69) is 10.3 Å². The number of nitrogen functional groups attached to an aromatic ring is 1. The normalized spacial score (nSPS) is 23.9. The van der Waals surface area contributed by atoms with Gasteiger partial charge in [-0.15, -0.1) is 0 Å². The van der Waals surface area contributed by atoms with Gasteiger partial charge in [-0.2, -0.15) is 0 Å². The zero-order valence-electron chi connectivity index (χ0n) is 11.5. The van der Waals surface area contributed by atoms with Crippen LogP contribution < -0.4 is 11.1 Å². The molecule has 20 heavy (non-hydrogen) atoms. The molecule has 1 saturated heterocycles. The first-order valence-electron chi connectivity index (χ1n) is 7.04. The van der Waals surface area contributed by atoms with Crippen molar-refractivity contribution in [1.29, 1.82) is 0 Å². The van der Waals surface area contributed by atoms with E-state index < -0.39 is 0 Å². The van der Waals surface area contributed by atoms with Crippen LogP contribution in [0, 0.1) is 5.92 Å². The molecule has 2 heterocycles. The lowest BCUT2D eigenvalue weighted by atomic mass is 10.0. The molecular formula is C13H20N4O2S. The summed E-state index contributed by atoms with van der Waals surface area (Å²) in [6.07, 6.45) is 2.78. The first-order valence-corrected chi connectivity index (χ1v) is 7.86. The van der Waals surface area contributed by atoms with Gasteiger partial charge in [0.15, 0.2) is 5.13 Å². The van der Waals surface area contributed by atoms with Crippen molar-refractivity contribution in [3.05, 3.63) is 4.88 Å². The van der Waals surface area contributed by atoms with E-state index in [-0.39, 0.29) is 17.9 Å². The number of carbonyl (C=O) groups is 1. The van der Waals surface area contributed by atoms with E-state index in [1.54, 1.807) is 11.8 Å². The number of nitrogens with one attached hydrogen (secondary N) is 1. The highest BCUT2D eigenvalue weighted by atomic mass is 32.1. The number of thiazole rings is 1. The van der Waals surface area contributed by atoms with Crippen LogP contribution in [0.15, 0.2) is 0 Å². The quantitative estimate of drug-likeness (QED) is 0.775. The van der Waals surface area contributed by atoms with Gasteiger partial charge >= 0.3 is 0 Å². The predicted octanol–water partition coefficient (Wildman–Crippen LogP) is 1.14. The number of aromatic nitrogens is 1. The molecule has 0 bridgehead atoms. The monoisotopic (exact) mass is 296 g/mol. The Balaban J connectivity index is 1.69. The van der Waals surface area contributed by atoms with Crippen molar-refractivity contribution in [3.8, 4) is 0 Å². The molecule has 2 unspecified atom stereocenters. The highest BCUT2D eigenvalue weighted by Crippen LogP contribution is 2.32. The Kier molecular flexibility index (Phi) is 3.55. The highest BCUT2D eigenvalue weighted by Gasteiger charge is 2.32. The number of amides is 1. The zero-order chi connectivity index (χ0) is 14.3. The number of aliphatic hydroxyl groups excluding tert-OH is 1. The Morgan fingerprint density at radius 2 is 2.30 bits per heavy atom. The van der Waals surface area contributed by atoms with Crippen LogP contribution >= 0.6 is 11.3 Å². The van der Waals surface area contributed by atoms with Gasteiger partial charge in [0.25, 0.3) is 5.91 Å². The van der Waals surface area contributed by atoms with Crippen LogP contribution in [0.25, 0.3) is 0 Å². The molecule has 2 fully saturated rings. The third-order valence-electron chi connectivity index (χ3n) is 3.95. The molecule has 2 atom stereocenters. The molecule has 1 amide bonds. The van der Waals surface area contributed by atoms with Crippen LogP contribution in [-0.4, -0.2) is 46.1 Å². The van der Waals surface area contributed by atoms with Crippen LogP contribution in [0.3, 0.4) is 0 Å². The Morgan fingerprint density at radius 3 is 2.90 bits per heavy atom. The van der Waals surface area contributed by atoms with Crippen molar-refractivity contribution >= 4 is 28.2 Å². The minimum Gasteiger partial charge on any atom is -0.393 e. The number of nitrogens with two attached hydrogens (primary N) is 1. The number of carbonyl (C=O) groups excluding carboxylic acids is 1. The molecule has 1 aromatic heterocycles. The van der Waals surface area contributed by atoms with Gasteiger partial charge in [0.1, 0.15) is 10.7 Å². The minimum atomic E-state index is -0.376. The molecule has 7 heteroatoms. The number of aliphatic hydroxyl groups is 1. The standard InChI is InChI=1S/C13H20N4O2S/c1-7(18)8-4-5-17(6-8)12(19)10-11(14)16-13(20-10)15-9-2-3-9/h7-9,18H,2-6,14H2,1H3,(H,15,16). The smallest absolute Gasteiger partial charge is 0.267 e. The second-order valence-corrected chi connectivity index (χ2v) is 6.69. The number of nitrogens with zero attached hydrogens (tertiary/aromatic N) is 2. The van der Waals surface area contributed by atoms with Crippen LogP contribution in [0.2, 0.25) is 0 Å². The van der Waals surface area contributed by atoms with Crippen molar-refractivity contribution in [3.63, 3.8) is 0 Å². The van der Waals surface area contributed by atoms with Gasteiger partial charge in [-0.1, -0.05) is 11.3 Å². The number of rotatable bonds is 4. The average Bonchev–Trinajstić information content (AvgIpc) is 2.93. The van der Waals surface area contributed by atoms with Crippen molar-refractivity contribution < 1.29 is 9.90 Å². The van der Waals surface area contributed by atoms with Crippen molar-refractivity contribution in [2.75, 3.05) is 24.1 Å². The third-order valence-corrected chi connectivity index (χ3v) is 4.94. The number of anilines is 2. The first-order chi connectivity index (χ1) is 9.54. The molecule has 0 spiro atoms. The Morgan fingerprint density at radius 1 is 1.55 bits per heavy atom. The summed E-state index contributed by atoms with van der Waals surface area (Å²) in [5.41, 5.74) is 5.86. The third kappa shape index (κ3) is 2.73. The number of hydrogen-bond donors (Lipinski definition) is 3. The van der Waals surface area contributed by atoms with Gasteiger partial charge in [0.05, 0.1) is 6.10 Å². The van der Waals surface area contributed by atoms with Crippen LogP contribution in [0.4, 0.5) is 10.9 Å². The van der Waals surface area contributed by atoms with E-state index in [9.17, 15) is 9.90 Å². The van der Waals surface area contributed by atoms with Gasteiger partial charge in [0, 0.05) is 25.0 Å². The molecule has 1 aliphatic heterocycles. The van der Waals surface area contributed by atoms with Crippen LogP contribution in [0.1, 0.15) is 35.9 Å². The molecule has 1 saturated carbocycles. The van der Waals surface area contributed by atoms with Crippen molar-refractivity contribution in [2.45, 2.75) is 38.3 Å². The van der Waals surface area contributed by atoms with Crippen molar-refractivity contribution in [1.82, 2.24) is 9.88 Å². The minimum absolute atomic E-state index is 0.0630. The van der Waals surface area contributed by atoms with E-state index in [0.717, 1.165) is 24.4 Å². The molecule has 1 aliphatic carbocycles. The fourth-order valence-corrected chi connectivity index (χ4v) is 3.39. The molecule has 6 nitrogen and oxygen atoms in total. The average molecular weight is 296 g/mol. The molecule has 110 valence electrons. The van der Waals surface area contributed by atoms with E-state index in [1.165, 1.54) is 11.3 Å². The van der Waals surface area contributed by atoms with E-state index in [0.29, 0.717) is 29.8 Å². The second kappa shape index (κ2) is 5.21. The molecular weight excluding hydrogens is 276 g/mol. The fourth-order valence-electron chi connectivity index (χ4n) is 2.46. The molecule has 0 radical (unpaired) electrons. The maximum atomic E-state index is 12.5. The maximum Gasteiger partial charge on any atom is 0.267 e. The SMILES string of the molecule is CC(O)C1CCN(C(=O)c2sc(NC3CC3)nc2N)C1. The fraction of sp³-hybridized carbons (Fsp3) is 0.692. The molecule has 2 aliphatic rings. The molecule has 4 N–H and O–H groups in total. The van der Waals surface area contributed by atoms with Crippen molar-refractivity contribution in [2.24, 2.45) is 5.92 Å². The summed E-state index contributed by atoms with van der Waals surface area (Å²) in [5.74, 6) is 0.410. The Hall–Kier alpha value is -1.34. The summed E-state index contributed by atoms with van der Waals surface area (Å²) >= 11 is 1.33. The summed E-state index contributed by atoms with van der Waals surface area (Å²) in [6.45, 7) is 3.05. The summed E-state index contributed by atoms with van der Waals surface area (Å²) in [7, 11) is 0. The maximum absolute atomic E-state index is 12.5. The molecule has 0 aromatic carbocycles. The highest BCUT2D eigenvalue weighted by molar-refractivity contribution is 7.18. The molecule has 1 aromatic rings. The largest absolute Gasteiger partial charge is 0.393 e. The van der Waals surface area contributed by atoms with E-state index in [4.69, 9.17) is 5.73 Å². The molecule has 3 rings (SSSR count). The van der Waals surface area contributed by atoms with Gasteiger partial charge in [-0.05, 0) is 26.2 Å². The lowest BCUT2D eigenvalue weighted by molar-refractivity contribution is 0.0768. The van der Waals surface area contributed by atoms with Gasteiger partial charge in [0.2, 0.25) is 0 Å². The van der Waals surface area contributed by atoms with Crippen LogP contribution in [-0.2, 0) is 0 Å². The van der Waals surface area contributed by atoms with Gasteiger partial charge in [-0.3, -0.25) is 4.79 Å². The summed E-state index contributed by atoms with van der Waals surface area (Å²) in [4.78, 5) is 19.0. The first kappa shape index (κ1) is 13.6. The van der Waals surface area contributed by atoms with E-state index in [1.807, 2.05) is 0 Å². The number of likely N-dealkylation sites (tertiary alicyclic amines) is 1. The van der Waals surface area contributed by atoms with Crippen LogP contribution in [0.5, 0.6) is 0 Å². The van der Waals surface area contributed by atoms with E-state index >= 15 is 0 Å². The van der Waals surface area contributed by atoms with Gasteiger partial charge in [-0.25, -0.2) is 4.98 Å². The Bertz CT molecular complexity index is 512. The number of hydrogen-bond acceptors (Lipinski definition) is 6. The summed E-state index contributed by atoms with van der Waals surface area (Å²) < 4.78 is 0. The second-order valence-electron chi connectivity index (χ2n) is 5.69.